The second-order valence-electron chi connectivity index (χ2n) is 13.4. The summed E-state index contributed by atoms with van der Waals surface area (Å²) in [5, 5.41) is 8.36. The molecule has 1 atom stereocenters. The molecular weight excluding hydrogens is 478 g/mol. The monoisotopic (exact) mass is 523 g/mol. The molecule has 0 fully saturated rings. The molecule has 0 aliphatic rings. The zero-order chi connectivity index (χ0) is 28.5. The predicted molar refractivity (Wildman–Crippen MR) is 164 cm³/mol. The van der Waals surface area contributed by atoms with Gasteiger partial charge < -0.3 is 9.84 Å². The van der Waals surface area contributed by atoms with Crippen LogP contribution in [0.15, 0.2) is 71.3 Å². The molecule has 0 bridgehead atoms. The van der Waals surface area contributed by atoms with E-state index in [1.165, 1.54) is 22.3 Å². The Morgan fingerprint density at radius 2 is 1.23 bits per heavy atom. The number of aromatic nitrogens is 2. The first kappa shape index (κ1) is 28.6. The van der Waals surface area contributed by atoms with Crippen LogP contribution >= 0.6 is 0 Å². The fourth-order valence-electron chi connectivity index (χ4n) is 4.89. The third kappa shape index (κ3) is 6.43. The van der Waals surface area contributed by atoms with E-state index < -0.39 is 0 Å². The Morgan fingerprint density at radius 3 is 1.72 bits per heavy atom. The first-order chi connectivity index (χ1) is 18.3. The van der Waals surface area contributed by atoms with Crippen LogP contribution < -0.4 is 5.32 Å². The molecule has 4 aromatic rings. The van der Waals surface area contributed by atoms with Crippen LogP contribution in [0.25, 0.3) is 11.4 Å². The molecule has 0 saturated carbocycles. The summed E-state index contributed by atoms with van der Waals surface area (Å²) in [6, 6.07) is 23.4. The van der Waals surface area contributed by atoms with Gasteiger partial charge in [0.1, 0.15) is 6.04 Å². The van der Waals surface area contributed by atoms with Crippen LogP contribution in [-0.2, 0) is 10.8 Å². The van der Waals surface area contributed by atoms with Crippen molar-refractivity contribution in [1.29, 1.82) is 0 Å². The van der Waals surface area contributed by atoms with Gasteiger partial charge in [-0.15, -0.1) is 0 Å². The molecule has 3 aromatic carbocycles. The van der Waals surface area contributed by atoms with Gasteiger partial charge in [0.2, 0.25) is 5.82 Å². The van der Waals surface area contributed by atoms with E-state index in [0.717, 1.165) is 16.8 Å². The third-order valence-electron chi connectivity index (χ3n) is 7.41. The van der Waals surface area contributed by atoms with Gasteiger partial charge in [0.25, 0.3) is 5.89 Å². The Kier molecular flexibility index (Phi) is 8.07. The van der Waals surface area contributed by atoms with Crippen LogP contribution in [0.3, 0.4) is 0 Å². The van der Waals surface area contributed by atoms with E-state index in [-0.39, 0.29) is 16.9 Å². The number of para-hydroxylation sites is 1. The van der Waals surface area contributed by atoms with Crippen molar-refractivity contribution in [3.8, 4) is 11.4 Å². The standard InChI is InChI=1S/C35H45N3O/c1-22(2)28-17-14-18-29(23(3)4)31(28)36-30(24-15-12-11-13-16-24)33-37-32(38-39-33)25-19-26(34(5,6)7)21-27(20-25)35(8,9)10/h11-23,30,36H,1-10H3. The summed E-state index contributed by atoms with van der Waals surface area (Å²) in [6.07, 6.45) is 0. The Bertz CT molecular complexity index is 1340. The van der Waals surface area contributed by atoms with Crippen molar-refractivity contribution in [2.75, 3.05) is 5.32 Å². The molecule has 0 amide bonds. The molecular formula is C35H45N3O. The molecule has 0 saturated heterocycles. The molecule has 0 radical (unpaired) electrons. The largest absolute Gasteiger partial charge is 0.370 e. The van der Waals surface area contributed by atoms with E-state index in [2.05, 4.69) is 140 Å². The minimum atomic E-state index is -0.280. The summed E-state index contributed by atoms with van der Waals surface area (Å²) < 4.78 is 6.04. The van der Waals surface area contributed by atoms with Crippen LogP contribution in [0.4, 0.5) is 5.69 Å². The molecule has 39 heavy (non-hydrogen) atoms. The van der Waals surface area contributed by atoms with E-state index in [9.17, 15) is 0 Å². The van der Waals surface area contributed by atoms with Crippen molar-refractivity contribution in [2.24, 2.45) is 0 Å². The highest BCUT2D eigenvalue weighted by atomic mass is 16.5. The number of nitrogens with zero attached hydrogens (tertiary/aromatic N) is 2. The van der Waals surface area contributed by atoms with Gasteiger partial charge in [-0.2, -0.15) is 4.98 Å². The van der Waals surface area contributed by atoms with Crippen LogP contribution in [0.1, 0.15) is 121 Å². The summed E-state index contributed by atoms with van der Waals surface area (Å²) in [5.41, 5.74) is 8.34. The van der Waals surface area contributed by atoms with Crippen molar-refractivity contribution in [1.82, 2.24) is 10.1 Å². The lowest BCUT2D eigenvalue weighted by atomic mass is 9.79. The molecule has 0 spiro atoms. The summed E-state index contributed by atoms with van der Waals surface area (Å²) in [4.78, 5) is 5.01. The lowest BCUT2D eigenvalue weighted by Gasteiger charge is -2.25. The summed E-state index contributed by atoms with van der Waals surface area (Å²) in [5.74, 6) is 1.92. The zero-order valence-electron chi connectivity index (χ0n) is 25.4. The van der Waals surface area contributed by atoms with Gasteiger partial charge in [0, 0.05) is 11.3 Å². The maximum Gasteiger partial charge on any atom is 0.254 e. The van der Waals surface area contributed by atoms with Crippen molar-refractivity contribution in [3.05, 3.63) is 100 Å². The Balaban J connectivity index is 1.84. The van der Waals surface area contributed by atoms with E-state index in [1.54, 1.807) is 0 Å². The maximum atomic E-state index is 6.04. The highest BCUT2D eigenvalue weighted by molar-refractivity contribution is 5.63. The zero-order valence-corrected chi connectivity index (χ0v) is 25.4. The molecule has 1 N–H and O–H groups in total. The molecule has 1 unspecified atom stereocenters. The van der Waals surface area contributed by atoms with Crippen LogP contribution in [0.2, 0.25) is 0 Å². The fraction of sp³-hybridized carbons (Fsp3) is 0.429. The number of anilines is 1. The third-order valence-corrected chi connectivity index (χ3v) is 7.41. The number of hydrogen-bond acceptors (Lipinski definition) is 4. The smallest absolute Gasteiger partial charge is 0.254 e. The van der Waals surface area contributed by atoms with E-state index in [4.69, 9.17) is 9.51 Å². The number of benzene rings is 3. The molecule has 1 aromatic heterocycles. The second-order valence-corrected chi connectivity index (χ2v) is 13.4. The molecule has 4 rings (SSSR count). The van der Waals surface area contributed by atoms with Crippen LogP contribution in [0.5, 0.6) is 0 Å². The van der Waals surface area contributed by atoms with Crippen molar-refractivity contribution < 1.29 is 4.52 Å². The van der Waals surface area contributed by atoms with Crippen molar-refractivity contribution in [3.63, 3.8) is 0 Å². The van der Waals surface area contributed by atoms with Gasteiger partial charge in [-0.1, -0.05) is 129 Å². The van der Waals surface area contributed by atoms with E-state index in [1.807, 2.05) is 6.07 Å². The SMILES string of the molecule is CC(C)c1cccc(C(C)C)c1NC(c1ccccc1)c1nc(-c2cc(C(C)(C)C)cc(C(C)(C)C)c2)no1. The first-order valence-electron chi connectivity index (χ1n) is 14.2. The van der Waals surface area contributed by atoms with Gasteiger partial charge in [-0.25, -0.2) is 0 Å². The summed E-state index contributed by atoms with van der Waals surface area (Å²) in [6.45, 7) is 22.4. The molecule has 4 heteroatoms. The highest BCUT2D eigenvalue weighted by Crippen LogP contribution is 2.38. The Labute approximate surface area is 235 Å². The first-order valence-corrected chi connectivity index (χ1v) is 14.2. The van der Waals surface area contributed by atoms with Crippen molar-refractivity contribution >= 4 is 5.69 Å². The molecule has 4 nitrogen and oxygen atoms in total. The number of hydrogen-bond donors (Lipinski definition) is 1. The van der Waals surface area contributed by atoms with E-state index in [0.29, 0.717) is 23.6 Å². The molecule has 0 aliphatic heterocycles. The van der Waals surface area contributed by atoms with Gasteiger partial charge in [-0.05, 0) is 62.6 Å². The normalized spacial score (nSPS) is 13.2. The maximum absolute atomic E-state index is 6.04. The van der Waals surface area contributed by atoms with Crippen molar-refractivity contribution in [2.45, 2.75) is 97.9 Å². The molecule has 1 heterocycles. The Hall–Kier alpha value is -3.40. The summed E-state index contributed by atoms with van der Waals surface area (Å²) >= 11 is 0. The highest BCUT2D eigenvalue weighted by Gasteiger charge is 2.27. The van der Waals surface area contributed by atoms with Gasteiger partial charge in [0.05, 0.1) is 0 Å². The molecule has 206 valence electrons. The van der Waals surface area contributed by atoms with Gasteiger partial charge >= 0.3 is 0 Å². The lowest BCUT2D eigenvalue weighted by Crippen LogP contribution is -2.17. The average Bonchev–Trinajstić information content (AvgIpc) is 3.36. The number of rotatable bonds is 7. The van der Waals surface area contributed by atoms with Crippen LogP contribution in [-0.4, -0.2) is 10.1 Å². The Morgan fingerprint density at radius 1 is 0.692 bits per heavy atom. The topological polar surface area (TPSA) is 51.0 Å². The second kappa shape index (κ2) is 11.0. The number of nitrogens with one attached hydrogen (secondary N) is 1. The molecule has 0 aliphatic carbocycles. The van der Waals surface area contributed by atoms with Gasteiger partial charge in [0.15, 0.2) is 0 Å². The van der Waals surface area contributed by atoms with E-state index >= 15 is 0 Å². The minimum absolute atomic E-state index is 0.00447. The van der Waals surface area contributed by atoms with Gasteiger partial charge in [-0.3, -0.25) is 0 Å². The quantitative estimate of drug-likeness (QED) is 0.262. The minimum Gasteiger partial charge on any atom is -0.370 e. The summed E-state index contributed by atoms with van der Waals surface area (Å²) in [7, 11) is 0. The fourth-order valence-corrected chi connectivity index (χ4v) is 4.89. The van der Waals surface area contributed by atoms with Crippen LogP contribution in [0, 0.1) is 0 Å². The average molecular weight is 524 g/mol. The lowest BCUT2D eigenvalue weighted by molar-refractivity contribution is 0.372. The predicted octanol–water partition coefficient (Wildman–Crippen LogP) is 9.78.